The monoisotopic (exact) mass is 434 g/mol. The molecule has 1 N–H and O–H groups in total. The molecule has 3 aromatic carbocycles. The number of hydrogen-bond donors (Lipinski definition) is 1. The number of amides is 1. The van der Waals surface area contributed by atoms with Crippen molar-refractivity contribution < 1.29 is 9.18 Å². The average Bonchev–Trinajstić information content (AvgIpc) is 2.80. The van der Waals surface area contributed by atoms with Gasteiger partial charge in [0.25, 0.3) is 5.91 Å². The predicted molar refractivity (Wildman–Crippen MR) is 127 cm³/mol. The molecular formula is C26H24ClFN2O. The Labute approximate surface area is 187 Å². The van der Waals surface area contributed by atoms with E-state index in [0.29, 0.717) is 16.2 Å². The van der Waals surface area contributed by atoms with E-state index in [9.17, 15) is 9.18 Å². The second-order valence-corrected chi connectivity index (χ2v) is 8.10. The van der Waals surface area contributed by atoms with Crippen LogP contribution in [0.4, 0.5) is 15.8 Å². The number of benzene rings is 3. The summed E-state index contributed by atoms with van der Waals surface area (Å²) in [5.41, 5.74) is 3.81. The van der Waals surface area contributed by atoms with E-state index in [2.05, 4.69) is 10.2 Å². The van der Waals surface area contributed by atoms with Crippen LogP contribution >= 0.6 is 11.6 Å². The minimum Gasteiger partial charge on any atom is -0.372 e. The minimum atomic E-state index is -0.344. The van der Waals surface area contributed by atoms with Gasteiger partial charge in [-0.2, -0.15) is 0 Å². The van der Waals surface area contributed by atoms with E-state index in [1.54, 1.807) is 30.3 Å². The molecule has 1 heterocycles. The van der Waals surface area contributed by atoms with Crippen molar-refractivity contribution in [1.82, 2.24) is 0 Å². The number of anilines is 2. The summed E-state index contributed by atoms with van der Waals surface area (Å²) in [6.07, 6.45) is 5.50. The van der Waals surface area contributed by atoms with Crippen molar-refractivity contribution in [2.45, 2.75) is 19.3 Å². The molecule has 0 unspecified atom stereocenters. The topological polar surface area (TPSA) is 32.3 Å². The molecule has 1 aliphatic heterocycles. The lowest BCUT2D eigenvalue weighted by Gasteiger charge is -2.28. The lowest BCUT2D eigenvalue weighted by molar-refractivity contribution is -0.111. The van der Waals surface area contributed by atoms with E-state index in [0.717, 1.165) is 24.3 Å². The molecule has 1 fully saturated rings. The van der Waals surface area contributed by atoms with Gasteiger partial charge in [0.2, 0.25) is 0 Å². The fraction of sp³-hybridized carbons (Fsp3) is 0.192. The summed E-state index contributed by atoms with van der Waals surface area (Å²) in [5.74, 6) is -0.601. The minimum absolute atomic E-state index is 0.257. The summed E-state index contributed by atoms with van der Waals surface area (Å²) >= 11 is 5.98. The van der Waals surface area contributed by atoms with Crippen molar-refractivity contribution in [2.75, 3.05) is 23.3 Å². The van der Waals surface area contributed by atoms with Gasteiger partial charge in [0, 0.05) is 35.1 Å². The summed E-state index contributed by atoms with van der Waals surface area (Å²) in [6, 6.07) is 21.1. The molecule has 1 amide bonds. The molecule has 0 radical (unpaired) electrons. The van der Waals surface area contributed by atoms with Crippen LogP contribution in [0.2, 0.25) is 5.02 Å². The Hall–Kier alpha value is -3.11. The van der Waals surface area contributed by atoms with Crippen molar-refractivity contribution in [2.24, 2.45) is 0 Å². The van der Waals surface area contributed by atoms with Gasteiger partial charge in [0.1, 0.15) is 5.82 Å². The number of carbonyl (C=O) groups excluding carboxylic acids is 1. The second-order valence-electron chi connectivity index (χ2n) is 7.67. The maximum atomic E-state index is 13.4. The number of nitrogens with one attached hydrogen (secondary N) is 1. The highest BCUT2D eigenvalue weighted by Crippen LogP contribution is 2.25. The zero-order chi connectivity index (χ0) is 21.6. The molecule has 0 atom stereocenters. The Morgan fingerprint density at radius 2 is 1.52 bits per heavy atom. The van der Waals surface area contributed by atoms with Gasteiger partial charge in [-0.15, -0.1) is 0 Å². The van der Waals surface area contributed by atoms with Crippen LogP contribution in [0.5, 0.6) is 0 Å². The summed E-state index contributed by atoms with van der Waals surface area (Å²) in [4.78, 5) is 15.5. The Balaban J connectivity index is 1.56. The average molecular weight is 435 g/mol. The van der Waals surface area contributed by atoms with E-state index in [-0.39, 0.29) is 11.7 Å². The van der Waals surface area contributed by atoms with Gasteiger partial charge < -0.3 is 10.2 Å². The number of carbonyl (C=O) groups is 1. The molecule has 0 bridgehead atoms. The molecule has 0 aliphatic carbocycles. The summed E-state index contributed by atoms with van der Waals surface area (Å²) < 4.78 is 13.4. The Morgan fingerprint density at radius 1 is 0.871 bits per heavy atom. The fourth-order valence-electron chi connectivity index (χ4n) is 3.74. The first-order valence-electron chi connectivity index (χ1n) is 10.5. The van der Waals surface area contributed by atoms with E-state index >= 15 is 0 Å². The van der Waals surface area contributed by atoms with Crippen LogP contribution in [0.25, 0.3) is 11.6 Å². The van der Waals surface area contributed by atoms with Crippen molar-refractivity contribution in [3.8, 4) is 0 Å². The summed E-state index contributed by atoms with van der Waals surface area (Å²) in [7, 11) is 0. The number of hydrogen-bond acceptors (Lipinski definition) is 2. The lowest BCUT2D eigenvalue weighted by atomic mass is 10.0. The lowest BCUT2D eigenvalue weighted by Crippen LogP contribution is -2.29. The highest BCUT2D eigenvalue weighted by Gasteiger charge is 2.14. The maximum absolute atomic E-state index is 13.4. The van der Waals surface area contributed by atoms with Gasteiger partial charge in [-0.05, 0) is 85.0 Å². The molecule has 3 aromatic rings. The molecule has 31 heavy (non-hydrogen) atoms. The third kappa shape index (κ3) is 5.53. The van der Waals surface area contributed by atoms with Crippen LogP contribution in [0.1, 0.15) is 30.4 Å². The van der Waals surface area contributed by atoms with Crippen LogP contribution in [0.15, 0.2) is 72.8 Å². The largest absolute Gasteiger partial charge is 0.372 e. The molecule has 1 saturated heterocycles. The molecule has 0 aromatic heterocycles. The second kappa shape index (κ2) is 9.80. The van der Waals surface area contributed by atoms with Crippen molar-refractivity contribution in [3.63, 3.8) is 0 Å². The van der Waals surface area contributed by atoms with Crippen LogP contribution in [-0.2, 0) is 4.79 Å². The molecule has 0 spiro atoms. The van der Waals surface area contributed by atoms with Crippen LogP contribution < -0.4 is 10.2 Å². The number of rotatable bonds is 5. The number of piperidine rings is 1. The Bertz CT molecular complexity index is 1050. The molecule has 4 rings (SSSR count). The quantitative estimate of drug-likeness (QED) is 0.360. The van der Waals surface area contributed by atoms with Gasteiger partial charge in [0.15, 0.2) is 0 Å². The third-order valence-corrected chi connectivity index (χ3v) is 5.68. The van der Waals surface area contributed by atoms with E-state index in [1.165, 1.54) is 37.1 Å². The summed E-state index contributed by atoms with van der Waals surface area (Å²) in [6.45, 7) is 2.15. The standard InChI is InChI=1S/C26H24ClFN2O/c27-21-8-4-19(5-9-21)18-25(20-6-10-22(28)11-7-20)26(31)29-23-12-14-24(15-13-23)30-16-2-1-3-17-30/h4-15,18H,1-3,16-17H2,(H,29,31)/b25-18+. The van der Waals surface area contributed by atoms with Crippen molar-refractivity contribution in [3.05, 3.63) is 94.8 Å². The van der Waals surface area contributed by atoms with E-state index in [4.69, 9.17) is 11.6 Å². The maximum Gasteiger partial charge on any atom is 0.256 e. The smallest absolute Gasteiger partial charge is 0.256 e. The Kier molecular flexibility index (Phi) is 6.68. The highest BCUT2D eigenvalue weighted by molar-refractivity contribution is 6.31. The highest BCUT2D eigenvalue weighted by atomic mass is 35.5. The van der Waals surface area contributed by atoms with E-state index < -0.39 is 0 Å². The van der Waals surface area contributed by atoms with Gasteiger partial charge in [-0.3, -0.25) is 4.79 Å². The zero-order valence-electron chi connectivity index (χ0n) is 17.2. The zero-order valence-corrected chi connectivity index (χ0v) is 17.9. The van der Waals surface area contributed by atoms with Gasteiger partial charge in [-0.1, -0.05) is 35.9 Å². The van der Waals surface area contributed by atoms with Crippen molar-refractivity contribution in [1.29, 1.82) is 0 Å². The third-order valence-electron chi connectivity index (χ3n) is 5.43. The Morgan fingerprint density at radius 3 is 2.16 bits per heavy atom. The molecule has 0 saturated carbocycles. The normalized spacial score (nSPS) is 14.4. The van der Waals surface area contributed by atoms with Crippen LogP contribution in [-0.4, -0.2) is 19.0 Å². The van der Waals surface area contributed by atoms with Gasteiger partial charge >= 0.3 is 0 Å². The summed E-state index contributed by atoms with van der Waals surface area (Å²) in [5, 5.41) is 3.60. The van der Waals surface area contributed by atoms with Crippen LogP contribution in [0.3, 0.4) is 0 Å². The number of nitrogens with zero attached hydrogens (tertiary/aromatic N) is 1. The van der Waals surface area contributed by atoms with Gasteiger partial charge in [0.05, 0.1) is 0 Å². The molecule has 1 aliphatic rings. The molecular weight excluding hydrogens is 411 g/mol. The molecule has 158 valence electrons. The van der Waals surface area contributed by atoms with Crippen LogP contribution in [0, 0.1) is 5.82 Å². The first-order chi connectivity index (χ1) is 15.1. The number of halogens is 2. The molecule has 5 heteroatoms. The van der Waals surface area contributed by atoms with E-state index in [1.807, 2.05) is 36.4 Å². The van der Waals surface area contributed by atoms with Gasteiger partial charge in [-0.25, -0.2) is 4.39 Å². The first-order valence-corrected chi connectivity index (χ1v) is 10.9. The molecule has 3 nitrogen and oxygen atoms in total. The predicted octanol–water partition coefficient (Wildman–Crippen LogP) is 6.65. The fourth-order valence-corrected chi connectivity index (χ4v) is 3.87. The first kappa shape index (κ1) is 21.1. The van der Waals surface area contributed by atoms with Crippen molar-refractivity contribution >= 4 is 40.5 Å². The SMILES string of the molecule is O=C(Nc1ccc(N2CCCCC2)cc1)/C(=C/c1ccc(Cl)cc1)c1ccc(F)cc1.